The number of carbonyl (C=O) groups is 1. The number of aryl methyl sites for hydroxylation is 1. The minimum absolute atomic E-state index is 0.0537. The maximum absolute atomic E-state index is 13.1. The van der Waals surface area contributed by atoms with Gasteiger partial charge in [-0.05, 0) is 39.3 Å². The van der Waals surface area contributed by atoms with Gasteiger partial charge < -0.3 is 15.2 Å². The monoisotopic (exact) mass is 343 g/mol. The van der Waals surface area contributed by atoms with Crippen LogP contribution in [0.4, 0.5) is 18.0 Å². The van der Waals surface area contributed by atoms with Crippen LogP contribution in [0.15, 0.2) is 18.3 Å². The van der Waals surface area contributed by atoms with Crippen molar-refractivity contribution in [1.29, 1.82) is 0 Å². The van der Waals surface area contributed by atoms with Crippen LogP contribution in [0, 0.1) is 0 Å². The number of hydrogen-bond donors (Lipinski definition) is 2. The van der Waals surface area contributed by atoms with Crippen LogP contribution in [0.2, 0.25) is 0 Å². The number of amides is 2. The summed E-state index contributed by atoms with van der Waals surface area (Å²) in [6.45, 7) is 5.81. The molecule has 132 valence electrons. The number of fused-ring (bicyclic) bond motifs is 1. The number of hydrogen-bond acceptors (Lipinski definition) is 3. The molecule has 0 saturated carbocycles. The number of urea groups is 1. The average Bonchev–Trinajstić information content (AvgIpc) is 2.80. The quantitative estimate of drug-likeness (QED) is 0.839. The maximum atomic E-state index is 13.1. The number of nitrogens with one attached hydrogen (secondary N) is 2. The minimum atomic E-state index is -4.56. The predicted octanol–water partition coefficient (Wildman–Crippen LogP) is 2.94. The van der Waals surface area contributed by atoms with E-state index in [2.05, 4.69) is 20.6 Å². The van der Waals surface area contributed by atoms with Crippen LogP contribution in [-0.4, -0.2) is 32.6 Å². The molecule has 0 aliphatic carbocycles. The van der Waals surface area contributed by atoms with Crippen molar-refractivity contribution >= 4 is 17.2 Å². The predicted molar refractivity (Wildman–Crippen MR) is 83.4 cm³/mol. The van der Waals surface area contributed by atoms with Crippen molar-refractivity contribution in [2.45, 2.75) is 45.5 Å². The zero-order valence-corrected chi connectivity index (χ0v) is 13.7. The second kappa shape index (κ2) is 6.66. The van der Waals surface area contributed by atoms with Gasteiger partial charge in [-0.1, -0.05) is 0 Å². The first-order valence-corrected chi connectivity index (χ1v) is 7.52. The van der Waals surface area contributed by atoms with Crippen LogP contribution >= 0.6 is 0 Å². The largest absolute Gasteiger partial charge is 0.449 e. The SMILES string of the molecule is CC(C)(C)NC(=O)NCCCn1c(C(F)(F)F)nc2cccnc21. The van der Waals surface area contributed by atoms with E-state index >= 15 is 0 Å². The Morgan fingerprint density at radius 2 is 2.00 bits per heavy atom. The number of nitrogens with zero attached hydrogens (tertiary/aromatic N) is 3. The Hall–Kier alpha value is -2.32. The van der Waals surface area contributed by atoms with Crippen molar-refractivity contribution in [3.63, 3.8) is 0 Å². The average molecular weight is 343 g/mol. The van der Waals surface area contributed by atoms with E-state index in [1.807, 2.05) is 20.8 Å². The van der Waals surface area contributed by atoms with E-state index in [1.54, 1.807) is 0 Å². The lowest BCUT2D eigenvalue weighted by molar-refractivity contribution is -0.147. The van der Waals surface area contributed by atoms with Crippen molar-refractivity contribution in [3.05, 3.63) is 24.2 Å². The van der Waals surface area contributed by atoms with Gasteiger partial charge in [0.05, 0.1) is 0 Å². The Balaban J connectivity index is 2.03. The normalized spacial score (nSPS) is 12.4. The first-order chi connectivity index (χ1) is 11.1. The number of imidazole rings is 1. The minimum Gasteiger partial charge on any atom is -0.338 e. The summed E-state index contributed by atoms with van der Waals surface area (Å²) in [4.78, 5) is 19.2. The van der Waals surface area contributed by atoms with Crippen molar-refractivity contribution in [1.82, 2.24) is 25.2 Å². The van der Waals surface area contributed by atoms with Crippen molar-refractivity contribution in [2.75, 3.05) is 6.54 Å². The number of carbonyl (C=O) groups excluding carboxylic acids is 1. The molecule has 0 radical (unpaired) electrons. The van der Waals surface area contributed by atoms with Gasteiger partial charge in [0.1, 0.15) is 5.52 Å². The third-order valence-corrected chi connectivity index (χ3v) is 3.09. The van der Waals surface area contributed by atoms with Crippen molar-refractivity contribution in [2.24, 2.45) is 0 Å². The molecule has 2 N–H and O–H groups in total. The molecule has 24 heavy (non-hydrogen) atoms. The lowest BCUT2D eigenvalue weighted by Gasteiger charge is -2.20. The fourth-order valence-electron chi connectivity index (χ4n) is 2.21. The standard InChI is InChI=1S/C15H20F3N5O/c1-14(2,3)22-13(24)20-8-5-9-23-11-10(6-4-7-19-11)21-12(23)15(16,17)18/h4,6-7H,5,8-9H2,1-3H3,(H2,20,22,24). The molecule has 0 aliphatic rings. The molecule has 0 spiro atoms. The fourth-order valence-corrected chi connectivity index (χ4v) is 2.21. The van der Waals surface area contributed by atoms with E-state index in [4.69, 9.17) is 0 Å². The van der Waals surface area contributed by atoms with E-state index < -0.39 is 12.0 Å². The molecule has 0 atom stereocenters. The van der Waals surface area contributed by atoms with Crippen LogP contribution < -0.4 is 10.6 Å². The number of aromatic nitrogens is 3. The molecule has 6 nitrogen and oxygen atoms in total. The molecule has 0 bridgehead atoms. The Kier molecular flexibility index (Phi) is 5.00. The van der Waals surface area contributed by atoms with Crippen LogP contribution in [0.5, 0.6) is 0 Å². The molecule has 2 heterocycles. The third-order valence-electron chi connectivity index (χ3n) is 3.09. The highest BCUT2D eigenvalue weighted by atomic mass is 19.4. The number of halogens is 3. The second-order valence-electron chi connectivity index (χ2n) is 6.42. The molecule has 2 aromatic heterocycles. The zero-order valence-electron chi connectivity index (χ0n) is 13.7. The summed E-state index contributed by atoms with van der Waals surface area (Å²) in [6.07, 6.45) is -2.81. The summed E-state index contributed by atoms with van der Waals surface area (Å²) >= 11 is 0. The summed E-state index contributed by atoms with van der Waals surface area (Å²) in [5, 5.41) is 5.34. The Morgan fingerprint density at radius 1 is 1.29 bits per heavy atom. The van der Waals surface area contributed by atoms with E-state index in [-0.39, 0.29) is 35.8 Å². The topological polar surface area (TPSA) is 71.8 Å². The fraction of sp³-hybridized carbons (Fsp3) is 0.533. The van der Waals surface area contributed by atoms with Gasteiger partial charge in [0.2, 0.25) is 5.82 Å². The molecule has 0 fully saturated rings. The molecular formula is C15H20F3N5O. The van der Waals surface area contributed by atoms with Gasteiger partial charge in [-0.25, -0.2) is 14.8 Å². The van der Waals surface area contributed by atoms with Gasteiger partial charge in [0.15, 0.2) is 5.65 Å². The summed E-state index contributed by atoms with van der Waals surface area (Å²) in [6, 6.07) is 2.67. The van der Waals surface area contributed by atoms with E-state index in [0.29, 0.717) is 6.42 Å². The highest BCUT2D eigenvalue weighted by molar-refractivity contribution is 5.74. The smallest absolute Gasteiger partial charge is 0.338 e. The van der Waals surface area contributed by atoms with Gasteiger partial charge in [-0.15, -0.1) is 0 Å². The molecule has 2 rings (SSSR count). The van der Waals surface area contributed by atoms with Crippen LogP contribution in [-0.2, 0) is 12.7 Å². The Morgan fingerprint density at radius 3 is 2.62 bits per heavy atom. The summed E-state index contributed by atoms with van der Waals surface area (Å²) in [7, 11) is 0. The van der Waals surface area contributed by atoms with E-state index in [0.717, 1.165) is 4.57 Å². The summed E-state index contributed by atoms with van der Waals surface area (Å²) in [5.41, 5.74) is 0.00472. The van der Waals surface area contributed by atoms with E-state index in [9.17, 15) is 18.0 Å². The first kappa shape index (κ1) is 18.0. The molecule has 0 aromatic carbocycles. The number of rotatable bonds is 4. The second-order valence-corrected chi connectivity index (χ2v) is 6.42. The van der Waals surface area contributed by atoms with Gasteiger partial charge in [-0.3, -0.25) is 0 Å². The highest BCUT2D eigenvalue weighted by Gasteiger charge is 2.37. The highest BCUT2D eigenvalue weighted by Crippen LogP contribution is 2.30. The summed E-state index contributed by atoms with van der Waals surface area (Å²) in [5.74, 6) is -0.977. The van der Waals surface area contributed by atoms with Gasteiger partial charge in [0, 0.05) is 24.8 Å². The number of pyridine rings is 1. The third kappa shape index (κ3) is 4.59. The van der Waals surface area contributed by atoms with Gasteiger partial charge in [-0.2, -0.15) is 13.2 Å². The molecule has 2 amide bonds. The van der Waals surface area contributed by atoms with Crippen LogP contribution in [0.25, 0.3) is 11.2 Å². The lowest BCUT2D eigenvalue weighted by Crippen LogP contribution is -2.46. The van der Waals surface area contributed by atoms with E-state index in [1.165, 1.54) is 18.3 Å². The molecule has 2 aromatic rings. The van der Waals surface area contributed by atoms with Gasteiger partial charge in [0.25, 0.3) is 0 Å². The molecule has 0 aliphatic heterocycles. The van der Waals surface area contributed by atoms with Crippen LogP contribution in [0.3, 0.4) is 0 Å². The number of alkyl halides is 3. The van der Waals surface area contributed by atoms with Gasteiger partial charge >= 0.3 is 12.2 Å². The van der Waals surface area contributed by atoms with Crippen molar-refractivity contribution < 1.29 is 18.0 Å². The Bertz CT molecular complexity index is 718. The van der Waals surface area contributed by atoms with Crippen LogP contribution in [0.1, 0.15) is 33.0 Å². The summed E-state index contributed by atoms with van der Waals surface area (Å²) < 4.78 is 40.4. The van der Waals surface area contributed by atoms with Crippen molar-refractivity contribution in [3.8, 4) is 0 Å². The molecule has 0 saturated heterocycles. The molecule has 9 heteroatoms. The zero-order chi connectivity index (χ0) is 18.0. The first-order valence-electron chi connectivity index (χ1n) is 7.52. The maximum Gasteiger partial charge on any atom is 0.449 e. The molecular weight excluding hydrogens is 323 g/mol. The Labute approximate surface area is 137 Å². The molecule has 0 unspecified atom stereocenters. The lowest BCUT2D eigenvalue weighted by atomic mass is 10.1.